The Kier molecular flexibility index (Phi) is 4.67. The second kappa shape index (κ2) is 6.47. The number of primary amides is 1. The van der Waals surface area contributed by atoms with Gasteiger partial charge in [0.05, 0.1) is 30.6 Å². The molecule has 6 heteroatoms. The number of hydrogen-bond acceptors (Lipinski definition) is 5. The van der Waals surface area contributed by atoms with Gasteiger partial charge in [0.2, 0.25) is 5.91 Å². The summed E-state index contributed by atoms with van der Waals surface area (Å²) in [4.78, 5) is 25.3. The number of rotatable bonds is 5. The number of carbonyl (C=O) groups is 2. The number of ether oxygens (including phenoxy) is 1. The smallest absolute Gasteiger partial charge is 0.340 e. The fourth-order valence-corrected chi connectivity index (χ4v) is 2.93. The van der Waals surface area contributed by atoms with E-state index >= 15 is 0 Å². The van der Waals surface area contributed by atoms with Gasteiger partial charge in [-0.05, 0) is 25.0 Å². The Bertz CT molecular complexity index is 539. The Balaban J connectivity index is 2.47. The molecule has 6 nitrogen and oxygen atoms in total. The van der Waals surface area contributed by atoms with Crippen molar-refractivity contribution >= 4 is 23.3 Å². The van der Waals surface area contributed by atoms with Gasteiger partial charge in [0.1, 0.15) is 0 Å². The summed E-state index contributed by atoms with van der Waals surface area (Å²) in [6.45, 7) is 0.0445. The molecular weight excluding hydrogens is 270 g/mol. The highest BCUT2D eigenvalue weighted by Crippen LogP contribution is 2.34. The summed E-state index contributed by atoms with van der Waals surface area (Å²) in [6, 6.07) is 5.23. The van der Waals surface area contributed by atoms with E-state index in [-0.39, 0.29) is 12.6 Å². The fourth-order valence-electron chi connectivity index (χ4n) is 2.93. The van der Waals surface area contributed by atoms with Gasteiger partial charge in [0, 0.05) is 6.04 Å². The lowest BCUT2D eigenvalue weighted by atomic mass is 10.1. The topological polar surface area (TPSA) is 98.7 Å². The number of esters is 1. The number of benzene rings is 1. The first-order valence-electron chi connectivity index (χ1n) is 7.06. The highest BCUT2D eigenvalue weighted by atomic mass is 16.5. The lowest BCUT2D eigenvalue weighted by molar-refractivity contribution is -0.116. The van der Waals surface area contributed by atoms with Crippen LogP contribution in [-0.4, -0.2) is 31.6 Å². The van der Waals surface area contributed by atoms with Gasteiger partial charge in [0.25, 0.3) is 0 Å². The molecule has 0 bridgehead atoms. The largest absolute Gasteiger partial charge is 0.465 e. The van der Waals surface area contributed by atoms with E-state index in [2.05, 4.69) is 0 Å². The Morgan fingerprint density at radius 1 is 1.33 bits per heavy atom. The lowest BCUT2D eigenvalue weighted by Crippen LogP contribution is -2.41. The average molecular weight is 291 g/mol. The molecule has 1 fully saturated rings. The van der Waals surface area contributed by atoms with E-state index in [9.17, 15) is 9.59 Å². The molecule has 114 valence electrons. The maximum Gasteiger partial charge on any atom is 0.340 e. The van der Waals surface area contributed by atoms with Gasteiger partial charge in [-0.1, -0.05) is 18.9 Å². The van der Waals surface area contributed by atoms with E-state index in [0.29, 0.717) is 16.9 Å². The molecule has 1 aromatic carbocycles. The predicted molar refractivity (Wildman–Crippen MR) is 81.0 cm³/mol. The van der Waals surface area contributed by atoms with Gasteiger partial charge in [-0.15, -0.1) is 0 Å². The van der Waals surface area contributed by atoms with Crippen LogP contribution in [0.15, 0.2) is 18.2 Å². The van der Waals surface area contributed by atoms with Crippen LogP contribution in [0.1, 0.15) is 36.0 Å². The highest BCUT2D eigenvalue weighted by Gasteiger charge is 2.29. The maximum atomic E-state index is 12.0. The van der Waals surface area contributed by atoms with Crippen molar-refractivity contribution in [2.45, 2.75) is 31.7 Å². The molecule has 1 aliphatic rings. The van der Waals surface area contributed by atoms with E-state index in [4.69, 9.17) is 16.2 Å². The van der Waals surface area contributed by atoms with Gasteiger partial charge >= 0.3 is 5.97 Å². The van der Waals surface area contributed by atoms with Gasteiger partial charge in [0.15, 0.2) is 0 Å². The lowest BCUT2D eigenvalue weighted by Gasteiger charge is -2.32. The molecule has 21 heavy (non-hydrogen) atoms. The van der Waals surface area contributed by atoms with E-state index < -0.39 is 11.9 Å². The number of methoxy groups -OCH3 is 1. The van der Waals surface area contributed by atoms with Crippen LogP contribution in [0.25, 0.3) is 0 Å². The Labute approximate surface area is 124 Å². The number of amides is 1. The minimum absolute atomic E-state index is 0.0445. The van der Waals surface area contributed by atoms with E-state index in [1.54, 1.807) is 18.2 Å². The molecule has 0 aliphatic heterocycles. The second-order valence-corrected chi connectivity index (χ2v) is 5.27. The molecule has 4 N–H and O–H groups in total. The molecule has 0 aromatic heterocycles. The number of nitrogens with zero attached hydrogens (tertiary/aromatic N) is 1. The summed E-state index contributed by atoms with van der Waals surface area (Å²) in [6.07, 6.45) is 4.12. The molecule has 0 radical (unpaired) electrons. The summed E-state index contributed by atoms with van der Waals surface area (Å²) in [7, 11) is 1.32. The molecule has 0 spiro atoms. The van der Waals surface area contributed by atoms with Crippen molar-refractivity contribution in [3.8, 4) is 0 Å². The zero-order chi connectivity index (χ0) is 15.4. The second-order valence-electron chi connectivity index (χ2n) is 5.27. The van der Waals surface area contributed by atoms with Crippen molar-refractivity contribution in [3.63, 3.8) is 0 Å². The molecule has 1 aromatic rings. The van der Waals surface area contributed by atoms with Gasteiger partial charge in [-0.25, -0.2) is 4.79 Å². The van der Waals surface area contributed by atoms with E-state index in [1.807, 2.05) is 4.90 Å². The van der Waals surface area contributed by atoms with Crippen LogP contribution >= 0.6 is 0 Å². The minimum atomic E-state index is -0.468. The third-order valence-corrected chi connectivity index (χ3v) is 3.85. The van der Waals surface area contributed by atoms with Crippen LogP contribution in [0, 0.1) is 0 Å². The highest BCUT2D eigenvalue weighted by molar-refractivity contribution is 6.00. The van der Waals surface area contributed by atoms with Crippen molar-refractivity contribution in [2.24, 2.45) is 5.73 Å². The van der Waals surface area contributed by atoms with Crippen molar-refractivity contribution in [3.05, 3.63) is 23.8 Å². The number of anilines is 2. The first-order valence-corrected chi connectivity index (χ1v) is 7.06. The van der Waals surface area contributed by atoms with Crippen LogP contribution in [-0.2, 0) is 9.53 Å². The monoisotopic (exact) mass is 291 g/mol. The number of nitrogen functional groups attached to an aromatic ring is 1. The van der Waals surface area contributed by atoms with Gasteiger partial charge in [-0.3, -0.25) is 4.79 Å². The number of carbonyl (C=O) groups excluding carboxylic acids is 2. The van der Waals surface area contributed by atoms with Crippen LogP contribution < -0.4 is 16.4 Å². The van der Waals surface area contributed by atoms with Crippen molar-refractivity contribution < 1.29 is 14.3 Å². The third kappa shape index (κ3) is 3.26. The fraction of sp³-hybridized carbons (Fsp3) is 0.467. The standard InChI is InChI=1S/C15H21N3O3/c1-21-15(20)11-7-4-8-12(16)14(11)18(9-13(17)19)10-5-2-3-6-10/h4,7-8,10H,2-3,5-6,9,16H2,1H3,(H2,17,19). The normalized spacial score (nSPS) is 14.9. The number of nitrogens with two attached hydrogens (primary N) is 2. The molecule has 1 amide bonds. The van der Waals surface area contributed by atoms with Gasteiger partial charge < -0.3 is 21.1 Å². The summed E-state index contributed by atoms with van der Waals surface area (Å²) >= 11 is 0. The Morgan fingerprint density at radius 3 is 2.57 bits per heavy atom. The van der Waals surface area contributed by atoms with E-state index in [1.165, 1.54) is 7.11 Å². The first-order chi connectivity index (χ1) is 10.0. The average Bonchev–Trinajstić information content (AvgIpc) is 2.98. The molecule has 0 saturated heterocycles. The number of para-hydroxylation sites is 1. The van der Waals surface area contributed by atoms with Crippen molar-refractivity contribution in [1.82, 2.24) is 0 Å². The maximum absolute atomic E-state index is 12.0. The number of hydrogen-bond donors (Lipinski definition) is 2. The van der Waals surface area contributed by atoms with Crippen LogP contribution in [0.3, 0.4) is 0 Å². The predicted octanol–water partition coefficient (Wildman–Crippen LogP) is 1.29. The third-order valence-electron chi connectivity index (χ3n) is 3.85. The summed E-state index contributed by atoms with van der Waals surface area (Å²) in [5.74, 6) is -0.911. The SMILES string of the molecule is COC(=O)c1cccc(N)c1N(CC(N)=O)C1CCCC1. The quantitative estimate of drug-likeness (QED) is 0.629. The molecule has 1 aliphatic carbocycles. The Morgan fingerprint density at radius 2 is 2.00 bits per heavy atom. The van der Waals surface area contributed by atoms with Crippen molar-refractivity contribution in [1.29, 1.82) is 0 Å². The summed E-state index contributed by atoms with van der Waals surface area (Å²) < 4.78 is 4.81. The van der Waals surface area contributed by atoms with Gasteiger partial charge in [-0.2, -0.15) is 0 Å². The molecule has 2 rings (SSSR count). The molecule has 1 saturated carbocycles. The van der Waals surface area contributed by atoms with Crippen LogP contribution in [0.4, 0.5) is 11.4 Å². The minimum Gasteiger partial charge on any atom is -0.465 e. The molecule has 0 atom stereocenters. The molecule has 0 unspecified atom stereocenters. The van der Waals surface area contributed by atoms with Crippen molar-refractivity contribution in [2.75, 3.05) is 24.3 Å². The summed E-state index contributed by atoms with van der Waals surface area (Å²) in [5.41, 5.74) is 12.8. The van der Waals surface area contributed by atoms with Crippen LogP contribution in [0.5, 0.6) is 0 Å². The van der Waals surface area contributed by atoms with Crippen LogP contribution in [0.2, 0.25) is 0 Å². The Hall–Kier alpha value is -2.24. The first kappa shape index (κ1) is 15.2. The zero-order valence-corrected chi connectivity index (χ0v) is 12.2. The molecular formula is C15H21N3O3. The molecule has 0 heterocycles. The van der Waals surface area contributed by atoms with E-state index in [0.717, 1.165) is 25.7 Å². The zero-order valence-electron chi connectivity index (χ0n) is 12.2. The summed E-state index contributed by atoms with van der Waals surface area (Å²) in [5, 5.41) is 0.